The highest BCUT2D eigenvalue weighted by molar-refractivity contribution is 5.87. The number of aromatic nitrogens is 2. The van der Waals surface area contributed by atoms with Crippen LogP contribution in [0.4, 0.5) is 5.82 Å². The number of para-hydroxylation sites is 1. The number of nitrogens with zero attached hydrogens (tertiary/aromatic N) is 3. The van der Waals surface area contributed by atoms with Crippen LogP contribution in [-0.2, 0) is 11.3 Å². The molecule has 1 aromatic carbocycles. The number of hydrogen-bond acceptors (Lipinski definition) is 6. The Balaban J connectivity index is 1.78. The number of fused-ring (bicyclic) bond motifs is 1. The van der Waals surface area contributed by atoms with Gasteiger partial charge in [-0.25, -0.2) is 9.97 Å². The summed E-state index contributed by atoms with van der Waals surface area (Å²) in [6.07, 6.45) is 0.0663. The van der Waals surface area contributed by atoms with Crippen molar-refractivity contribution in [2.24, 2.45) is 5.73 Å². The molecule has 6 heteroatoms. The van der Waals surface area contributed by atoms with Crippen molar-refractivity contribution in [3.8, 4) is 0 Å². The predicted molar refractivity (Wildman–Crippen MR) is 82.6 cm³/mol. The molecule has 2 heterocycles. The second-order valence-corrected chi connectivity index (χ2v) is 5.55. The molecule has 0 bridgehead atoms. The normalized spacial score (nSPS) is 21.5. The average Bonchev–Trinajstić information content (AvgIpc) is 2.47. The van der Waals surface area contributed by atoms with Crippen molar-refractivity contribution in [2.75, 3.05) is 25.4 Å². The second-order valence-electron chi connectivity index (χ2n) is 5.55. The van der Waals surface area contributed by atoms with Crippen molar-refractivity contribution >= 4 is 16.7 Å². The maximum absolute atomic E-state index is 6.02. The number of ether oxygens (including phenoxy) is 1. The molecule has 4 N–H and O–H groups in total. The van der Waals surface area contributed by atoms with Gasteiger partial charge in [-0.2, -0.15) is 0 Å². The van der Waals surface area contributed by atoms with Gasteiger partial charge in [-0.15, -0.1) is 0 Å². The first-order valence-electron chi connectivity index (χ1n) is 7.24. The van der Waals surface area contributed by atoms with Crippen molar-refractivity contribution in [1.82, 2.24) is 14.9 Å². The first-order valence-corrected chi connectivity index (χ1v) is 7.24. The van der Waals surface area contributed by atoms with Crippen LogP contribution in [0.3, 0.4) is 0 Å². The number of nitrogen functional groups attached to an aromatic ring is 1. The summed E-state index contributed by atoms with van der Waals surface area (Å²) >= 11 is 0. The molecule has 1 aromatic heterocycles. The summed E-state index contributed by atoms with van der Waals surface area (Å²) in [6, 6.07) is 7.82. The molecule has 2 atom stereocenters. The summed E-state index contributed by atoms with van der Waals surface area (Å²) < 4.78 is 5.67. The zero-order chi connectivity index (χ0) is 14.8. The molecule has 0 saturated carbocycles. The Labute approximate surface area is 124 Å². The van der Waals surface area contributed by atoms with Crippen molar-refractivity contribution in [1.29, 1.82) is 0 Å². The molecule has 21 heavy (non-hydrogen) atoms. The van der Waals surface area contributed by atoms with Crippen LogP contribution >= 0.6 is 0 Å². The molecule has 1 aliphatic rings. The van der Waals surface area contributed by atoms with E-state index in [0.717, 1.165) is 29.8 Å². The van der Waals surface area contributed by atoms with Crippen LogP contribution in [0, 0.1) is 0 Å². The zero-order valence-electron chi connectivity index (χ0n) is 12.2. The summed E-state index contributed by atoms with van der Waals surface area (Å²) in [6.45, 7) is 4.99. The molecule has 6 nitrogen and oxygen atoms in total. The summed E-state index contributed by atoms with van der Waals surface area (Å²) in [5, 5.41) is 0.900. The average molecular weight is 287 g/mol. The van der Waals surface area contributed by atoms with E-state index in [2.05, 4.69) is 14.9 Å². The van der Waals surface area contributed by atoms with Crippen LogP contribution in [0.25, 0.3) is 10.9 Å². The van der Waals surface area contributed by atoms with E-state index < -0.39 is 0 Å². The maximum atomic E-state index is 6.02. The summed E-state index contributed by atoms with van der Waals surface area (Å²) in [5.41, 5.74) is 12.8. The lowest BCUT2D eigenvalue weighted by Crippen LogP contribution is -2.49. The summed E-state index contributed by atoms with van der Waals surface area (Å²) in [5.74, 6) is 1.28. The molecule has 0 amide bonds. The Morgan fingerprint density at radius 3 is 3.00 bits per heavy atom. The zero-order valence-corrected chi connectivity index (χ0v) is 12.2. The maximum Gasteiger partial charge on any atom is 0.145 e. The van der Waals surface area contributed by atoms with Gasteiger partial charge < -0.3 is 16.2 Å². The topological polar surface area (TPSA) is 90.3 Å². The molecule has 2 unspecified atom stereocenters. The molecule has 0 radical (unpaired) electrons. The van der Waals surface area contributed by atoms with Gasteiger partial charge in [0.25, 0.3) is 0 Å². The lowest BCUT2D eigenvalue weighted by Gasteiger charge is -2.34. The molecular formula is C15H21N5O. The number of nitrogens with two attached hydrogens (primary N) is 2. The third kappa shape index (κ3) is 3.12. The minimum absolute atomic E-state index is 0.0235. The van der Waals surface area contributed by atoms with Gasteiger partial charge in [0.1, 0.15) is 11.6 Å². The van der Waals surface area contributed by atoms with Gasteiger partial charge in [0, 0.05) is 24.5 Å². The predicted octanol–water partition coefficient (Wildman–Crippen LogP) is 0.760. The van der Waals surface area contributed by atoms with Crippen molar-refractivity contribution in [3.05, 3.63) is 30.1 Å². The van der Waals surface area contributed by atoms with E-state index in [4.69, 9.17) is 16.2 Å². The molecule has 112 valence electrons. The van der Waals surface area contributed by atoms with Crippen molar-refractivity contribution in [2.45, 2.75) is 25.6 Å². The van der Waals surface area contributed by atoms with E-state index in [1.54, 1.807) is 0 Å². The van der Waals surface area contributed by atoms with E-state index in [1.807, 2.05) is 31.2 Å². The fourth-order valence-corrected chi connectivity index (χ4v) is 2.62. The minimum atomic E-state index is 0.0235. The van der Waals surface area contributed by atoms with Gasteiger partial charge in [0.15, 0.2) is 0 Å². The van der Waals surface area contributed by atoms with E-state index in [1.165, 1.54) is 0 Å². The number of rotatable bonds is 3. The van der Waals surface area contributed by atoms with Crippen LogP contribution < -0.4 is 11.5 Å². The molecule has 1 fully saturated rings. The minimum Gasteiger partial charge on any atom is -0.383 e. The van der Waals surface area contributed by atoms with E-state index in [9.17, 15) is 0 Å². The fraction of sp³-hybridized carbons (Fsp3) is 0.467. The lowest BCUT2D eigenvalue weighted by atomic mass is 10.1. The first kappa shape index (κ1) is 14.2. The SMILES string of the molecule is CC(N)C1CN(Cc2nc(N)c3ccccc3n2)CCO1. The molecule has 2 aromatic rings. The van der Waals surface area contributed by atoms with Gasteiger partial charge in [-0.05, 0) is 19.1 Å². The lowest BCUT2D eigenvalue weighted by molar-refractivity contribution is -0.0410. The number of benzene rings is 1. The third-order valence-corrected chi connectivity index (χ3v) is 3.81. The molecule has 0 spiro atoms. The molecular weight excluding hydrogens is 266 g/mol. The van der Waals surface area contributed by atoms with Crippen LogP contribution in [0.1, 0.15) is 12.7 Å². The van der Waals surface area contributed by atoms with Gasteiger partial charge in [0.2, 0.25) is 0 Å². The molecule has 3 rings (SSSR count). The molecule has 1 saturated heterocycles. The third-order valence-electron chi connectivity index (χ3n) is 3.81. The van der Waals surface area contributed by atoms with Crippen LogP contribution in [0.5, 0.6) is 0 Å². The highest BCUT2D eigenvalue weighted by Gasteiger charge is 2.24. The Hall–Kier alpha value is -1.76. The highest BCUT2D eigenvalue weighted by Crippen LogP contribution is 2.18. The van der Waals surface area contributed by atoms with Crippen LogP contribution in [0.2, 0.25) is 0 Å². The van der Waals surface area contributed by atoms with E-state index >= 15 is 0 Å². The van der Waals surface area contributed by atoms with Crippen LogP contribution in [-0.4, -0.2) is 46.7 Å². The number of anilines is 1. The quantitative estimate of drug-likeness (QED) is 0.866. The molecule has 0 aliphatic carbocycles. The standard InChI is InChI=1S/C15H21N5O/c1-10(16)13-8-20(6-7-21-13)9-14-18-12-5-3-2-4-11(12)15(17)19-14/h2-5,10,13H,6-9,16H2,1H3,(H2,17,18,19). The number of hydrogen-bond donors (Lipinski definition) is 2. The summed E-state index contributed by atoms with van der Waals surface area (Å²) in [4.78, 5) is 11.3. The highest BCUT2D eigenvalue weighted by atomic mass is 16.5. The smallest absolute Gasteiger partial charge is 0.145 e. The van der Waals surface area contributed by atoms with Gasteiger partial charge >= 0.3 is 0 Å². The molecule has 1 aliphatic heterocycles. The Kier molecular flexibility index (Phi) is 4.01. The van der Waals surface area contributed by atoms with E-state index in [0.29, 0.717) is 19.0 Å². The van der Waals surface area contributed by atoms with Crippen molar-refractivity contribution in [3.63, 3.8) is 0 Å². The van der Waals surface area contributed by atoms with Crippen molar-refractivity contribution < 1.29 is 4.74 Å². The summed E-state index contributed by atoms with van der Waals surface area (Å²) in [7, 11) is 0. The van der Waals surface area contributed by atoms with Gasteiger partial charge in [-0.1, -0.05) is 12.1 Å². The Bertz CT molecular complexity index is 630. The Morgan fingerprint density at radius 1 is 1.38 bits per heavy atom. The van der Waals surface area contributed by atoms with E-state index in [-0.39, 0.29) is 12.1 Å². The fourth-order valence-electron chi connectivity index (χ4n) is 2.62. The monoisotopic (exact) mass is 287 g/mol. The number of morpholine rings is 1. The first-order chi connectivity index (χ1) is 10.1. The second kappa shape index (κ2) is 5.93. The van der Waals surface area contributed by atoms with Crippen LogP contribution in [0.15, 0.2) is 24.3 Å². The van der Waals surface area contributed by atoms with Gasteiger partial charge in [0.05, 0.1) is 24.8 Å². The Morgan fingerprint density at radius 2 is 2.19 bits per heavy atom. The largest absolute Gasteiger partial charge is 0.383 e. The van der Waals surface area contributed by atoms with Gasteiger partial charge in [-0.3, -0.25) is 4.90 Å².